The molecule has 0 bridgehead atoms. The molecule has 1 aromatic carbocycles. The lowest BCUT2D eigenvalue weighted by Crippen LogP contribution is -2.22. The van der Waals surface area contributed by atoms with Gasteiger partial charge < -0.3 is 0 Å². The van der Waals surface area contributed by atoms with Crippen LogP contribution in [0.3, 0.4) is 0 Å². The number of aryl methyl sites for hydroxylation is 1. The SMILES string of the molecule is Cc1cccn2c(=O)cc(CN(C)Cc3ccc(C(F)(F)F)cc3)nc12. The molecule has 7 heteroatoms. The first-order chi connectivity index (χ1) is 12.2. The lowest BCUT2D eigenvalue weighted by Gasteiger charge is -2.17. The number of aromatic nitrogens is 2. The number of fused-ring (bicyclic) bond motifs is 1. The molecule has 2 aromatic heterocycles. The summed E-state index contributed by atoms with van der Waals surface area (Å²) in [4.78, 5) is 18.7. The van der Waals surface area contributed by atoms with Gasteiger partial charge in [0, 0.05) is 25.4 Å². The summed E-state index contributed by atoms with van der Waals surface area (Å²) in [7, 11) is 1.83. The molecule has 4 nitrogen and oxygen atoms in total. The predicted octanol–water partition coefficient (Wildman–Crippen LogP) is 3.65. The summed E-state index contributed by atoms with van der Waals surface area (Å²) in [5.41, 5.74) is 2.07. The Balaban J connectivity index is 1.76. The van der Waals surface area contributed by atoms with Crippen molar-refractivity contribution in [3.63, 3.8) is 0 Å². The maximum Gasteiger partial charge on any atom is 0.416 e. The van der Waals surface area contributed by atoms with E-state index in [-0.39, 0.29) is 5.56 Å². The predicted molar refractivity (Wildman–Crippen MR) is 92.8 cm³/mol. The van der Waals surface area contributed by atoms with Crippen LogP contribution in [0.4, 0.5) is 13.2 Å². The van der Waals surface area contributed by atoms with Crippen molar-refractivity contribution in [2.75, 3.05) is 7.05 Å². The van der Waals surface area contributed by atoms with Crippen molar-refractivity contribution < 1.29 is 13.2 Å². The number of hydrogen-bond acceptors (Lipinski definition) is 3. The Labute approximate surface area is 148 Å². The largest absolute Gasteiger partial charge is 0.416 e. The van der Waals surface area contributed by atoms with Gasteiger partial charge in [-0.15, -0.1) is 0 Å². The molecule has 0 aliphatic carbocycles. The van der Waals surface area contributed by atoms with E-state index in [2.05, 4.69) is 4.98 Å². The highest BCUT2D eigenvalue weighted by Crippen LogP contribution is 2.29. The second-order valence-corrected chi connectivity index (χ2v) is 6.34. The van der Waals surface area contributed by atoms with Crippen LogP contribution in [0.25, 0.3) is 5.65 Å². The average molecular weight is 361 g/mol. The average Bonchev–Trinajstić information content (AvgIpc) is 2.55. The number of halogens is 3. The third-order valence-electron chi connectivity index (χ3n) is 4.10. The molecule has 0 fully saturated rings. The molecule has 0 aliphatic rings. The zero-order valence-electron chi connectivity index (χ0n) is 14.4. The molecule has 3 rings (SSSR count). The lowest BCUT2D eigenvalue weighted by atomic mass is 10.1. The molecule has 0 saturated heterocycles. The second kappa shape index (κ2) is 6.92. The maximum absolute atomic E-state index is 12.6. The van der Waals surface area contributed by atoms with Gasteiger partial charge >= 0.3 is 6.18 Å². The standard InChI is InChI=1S/C19H18F3N3O/c1-13-4-3-9-25-17(26)10-16(23-18(13)25)12-24(2)11-14-5-7-15(8-6-14)19(20,21)22/h3-10H,11-12H2,1-2H3. The maximum atomic E-state index is 12.6. The van der Waals surface area contributed by atoms with E-state index in [1.165, 1.54) is 22.6 Å². The highest BCUT2D eigenvalue weighted by atomic mass is 19.4. The van der Waals surface area contributed by atoms with Crippen molar-refractivity contribution in [2.24, 2.45) is 0 Å². The lowest BCUT2D eigenvalue weighted by molar-refractivity contribution is -0.137. The Bertz CT molecular complexity index is 978. The van der Waals surface area contributed by atoms with Crippen LogP contribution in [0.1, 0.15) is 22.4 Å². The smallest absolute Gasteiger partial charge is 0.296 e. The Hall–Kier alpha value is -2.67. The first-order valence-corrected chi connectivity index (χ1v) is 8.06. The summed E-state index contributed by atoms with van der Waals surface area (Å²) < 4.78 is 39.3. The molecule has 0 atom stereocenters. The minimum absolute atomic E-state index is 0.156. The van der Waals surface area contributed by atoms with Crippen LogP contribution in [0.5, 0.6) is 0 Å². The van der Waals surface area contributed by atoms with Crippen LogP contribution in [0.15, 0.2) is 53.5 Å². The number of alkyl halides is 3. The summed E-state index contributed by atoms with van der Waals surface area (Å²) in [5, 5.41) is 0. The molecule has 0 amide bonds. The number of nitrogens with zero attached hydrogens (tertiary/aromatic N) is 3. The highest BCUT2D eigenvalue weighted by molar-refractivity contribution is 5.46. The molecule has 136 valence electrons. The van der Waals surface area contributed by atoms with E-state index < -0.39 is 11.7 Å². The van der Waals surface area contributed by atoms with Gasteiger partial charge in [-0.1, -0.05) is 18.2 Å². The fraction of sp³-hybridized carbons (Fsp3) is 0.263. The van der Waals surface area contributed by atoms with Crippen LogP contribution >= 0.6 is 0 Å². The van der Waals surface area contributed by atoms with Crippen molar-refractivity contribution in [1.82, 2.24) is 14.3 Å². The second-order valence-electron chi connectivity index (χ2n) is 6.34. The van der Waals surface area contributed by atoms with Crippen LogP contribution in [-0.2, 0) is 19.3 Å². The number of benzene rings is 1. The molecule has 0 spiro atoms. The monoisotopic (exact) mass is 361 g/mol. The summed E-state index contributed by atoms with van der Waals surface area (Å²) in [6.07, 6.45) is -2.66. The molecule has 2 heterocycles. The van der Waals surface area contributed by atoms with E-state index in [1.54, 1.807) is 12.3 Å². The van der Waals surface area contributed by atoms with Gasteiger partial charge in [0.15, 0.2) is 0 Å². The van der Waals surface area contributed by atoms with E-state index in [0.717, 1.165) is 23.3 Å². The summed E-state index contributed by atoms with van der Waals surface area (Å²) in [6.45, 7) is 2.76. The Kier molecular flexibility index (Phi) is 4.82. The molecule has 0 aliphatic heterocycles. The molecule has 0 unspecified atom stereocenters. The number of hydrogen-bond donors (Lipinski definition) is 0. The highest BCUT2D eigenvalue weighted by Gasteiger charge is 2.29. The molecular formula is C19H18F3N3O. The van der Waals surface area contributed by atoms with E-state index in [4.69, 9.17) is 0 Å². The van der Waals surface area contributed by atoms with Crippen molar-refractivity contribution >= 4 is 5.65 Å². The normalized spacial score (nSPS) is 12.1. The summed E-state index contributed by atoms with van der Waals surface area (Å²) in [6, 6.07) is 10.2. The van der Waals surface area contributed by atoms with Gasteiger partial charge in [-0.25, -0.2) is 4.98 Å². The van der Waals surface area contributed by atoms with Gasteiger partial charge in [0.2, 0.25) is 0 Å². The first-order valence-electron chi connectivity index (χ1n) is 8.06. The fourth-order valence-electron chi connectivity index (χ4n) is 2.83. The van der Waals surface area contributed by atoms with Gasteiger partial charge in [-0.05, 0) is 43.3 Å². The molecule has 0 N–H and O–H groups in total. The van der Waals surface area contributed by atoms with Gasteiger partial charge in [-0.3, -0.25) is 14.1 Å². The quantitative estimate of drug-likeness (QED) is 0.712. The Morgan fingerprint density at radius 3 is 2.46 bits per heavy atom. The Morgan fingerprint density at radius 1 is 1.12 bits per heavy atom. The molecule has 3 aromatic rings. The van der Waals surface area contributed by atoms with Gasteiger partial charge in [-0.2, -0.15) is 13.2 Å². The van der Waals surface area contributed by atoms with Gasteiger partial charge in [0.1, 0.15) is 5.65 Å². The molecule has 0 saturated carbocycles. The minimum atomic E-state index is -4.33. The van der Waals surface area contributed by atoms with Crippen LogP contribution < -0.4 is 5.56 Å². The van der Waals surface area contributed by atoms with Crippen molar-refractivity contribution in [3.05, 3.63) is 81.4 Å². The van der Waals surface area contributed by atoms with E-state index in [0.29, 0.717) is 24.4 Å². The van der Waals surface area contributed by atoms with Crippen LogP contribution in [0.2, 0.25) is 0 Å². The third kappa shape index (κ3) is 3.94. The molecular weight excluding hydrogens is 343 g/mol. The zero-order valence-corrected chi connectivity index (χ0v) is 14.4. The van der Waals surface area contributed by atoms with Crippen LogP contribution in [-0.4, -0.2) is 21.3 Å². The third-order valence-corrected chi connectivity index (χ3v) is 4.10. The Morgan fingerprint density at radius 2 is 1.81 bits per heavy atom. The minimum Gasteiger partial charge on any atom is -0.296 e. The van der Waals surface area contributed by atoms with Crippen molar-refractivity contribution in [2.45, 2.75) is 26.2 Å². The number of pyridine rings is 1. The topological polar surface area (TPSA) is 37.6 Å². The summed E-state index contributed by atoms with van der Waals surface area (Å²) in [5.74, 6) is 0. The number of rotatable bonds is 4. The summed E-state index contributed by atoms with van der Waals surface area (Å²) >= 11 is 0. The fourth-order valence-corrected chi connectivity index (χ4v) is 2.83. The van der Waals surface area contributed by atoms with E-state index >= 15 is 0 Å². The van der Waals surface area contributed by atoms with Gasteiger partial charge in [0.05, 0.1) is 11.3 Å². The van der Waals surface area contributed by atoms with E-state index in [9.17, 15) is 18.0 Å². The molecule has 26 heavy (non-hydrogen) atoms. The zero-order chi connectivity index (χ0) is 18.9. The van der Waals surface area contributed by atoms with Gasteiger partial charge in [0.25, 0.3) is 5.56 Å². The molecule has 0 radical (unpaired) electrons. The van der Waals surface area contributed by atoms with Crippen molar-refractivity contribution in [1.29, 1.82) is 0 Å². The van der Waals surface area contributed by atoms with Crippen LogP contribution in [0, 0.1) is 6.92 Å². The first kappa shape index (κ1) is 18.1. The van der Waals surface area contributed by atoms with Crippen molar-refractivity contribution in [3.8, 4) is 0 Å². The van der Waals surface area contributed by atoms with E-state index in [1.807, 2.05) is 24.9 Å².